The zero-order valence-corrected chi connectivity index (χ0v) is 8.42. The first-order valence-corrected chi connectivity index (χ1v) is 5.49. The van der Waals surface area contributed by atoms with Crippen LogP contribution in [0.25, 0.3) is 0 Å². The zero-order valence-electron chi connectivity index (χ0n) is 8.42. The van der Waals surface area contributed by atoms with Gasteiger partial charge in [-0.2, -0.15) is 0 Å². The number of hydrogen-bond acceptors (Lipinski definition) is 3. The molecule has 14 heavy (non-hydrogen) atoms. The molecule has 1 amide bonds. The first-order valence-electron chi connectivity index (χ1n) is 5.49. The smallest absolute Gasteiger partial charge is 0.249 e. The van der Waals surface area contributed by atoms with E-state index in [1.165, 1.54) is 0 Å². The van der Waals surface area contributed by atoms with E-state index in [1.54, 1.807) is 0 Å². The highest BCUT2D eigenvalue weighted by molar-refractivity contribution is 5.81. The molecule has 2 heterocycles. The minimum absolute atomic E-state index is 0.0920. The molecule has 4 nitrogen and oxygen atoms in total. The number of piperidine rings is 1. The minimum Gasteiger partial charge on any atom is -0.368 e. The van der Waals surface area contributed by atoms with Gasteiger partial charge in [0.15, 0.2) is 0 Å². The molecule has 0 aromatic heterocycles. The van der Waals surface area contributed by atoms with Crippen molar-refractivity contribution >= 4 is 5.91 Å². The third-order valence-electron chi connectivity index (χ3n) is 2.91. The van der Waals surface area contributed by atoms with Crippen LogP contribution in [0.1, 0.15) is 25.7 Å². The van der Waals surface area contributed by atoms with E-state index >= 15 is 0 Å². The van der Waals surface area contributed by atoms with E-state index in [1.807, 2.05) is 0 Å². The van der Waals surface area contributed by atoms with Crippen LogP contribution in [-0.2, 0) is 9.53 Å². The summed E-state index contributed by atoms with van der Waals surface area (Å²) in [5.41, 5.74) is 0. The Morgan fingerprint density at radius 2 is 2.07 bits per heavy atom. The molecule has 0 spiro atoms. The van der Waals surface area contributed by atoms with Crippen LogP contribution >= 0.6 is 0 Å². The Labute approximate surface area is 84.4 Å². The summed E-state index contributed by atoms with van der Waals surface area (Å²) in [6.07, 6.45) is 3.81. The third-order valence-corrected chi connectivity index (χ3v) is 2.91. The van der Waals surface area contributed by atoms with Crippen LogP contribution in [0.4, 0.5) is 0 Å². The van der Waals surface area contributed by atoms with Crippen LogP contribution in [0.15, 0.2) is 0 Å². The summed E-state index contributed by atoms with van der Waals surface area (Å²) in [4.78, 5) is 11.7. The minimum atomic E-state index is -0.176. The first kappa shape index (κ1) is 9.93. The van der Waals surface area contributed by atoms with Crippen molar-refractivity contribution in [1.29, 1.82) is 0 Å². The van der Waals surface area contributed by atoms with Gasteiger partial charge in [0, 0.05) is 12.6 Å². The average molecular weight is 198 g/mol. The molecule has 2 fully saturated rings. The topological polar surface area (TPSA) is 50.4 Å². The summed E-state index contributed by atoms with van der Waals surface area (Å²) in [6.45, 7) is 2.76. The lowest BCUT2D eigenvalue weighted by molar-refractivity contribution is -0.130. The van der Waals surface area contributed by atoms with Gasteiger partial charge in [0.1, 0.15) is 6.10 Å². The van der Waals surface area contributed by atoms with E-state index in [-0.39, 0.29) is 12.0 Å². The van der Waals surface area contributed by atoms with Crippen LogP contribution in [-0.4, -0.2) is 37.7 Å². The number of carbonyl (C=O) groups excluding carboxylic acids is 1. The predicted octanol–water partition coefficient (Wildman–Crippen LogP) is 0.0336. The molecule has 0 aromatic rings. The third kappa shape index (κ3) is 2.45. The van der Waals surface area contributed by atoms with Crippen molar-refractivity contribution in [1.82, 2.24) is 10.6 Å². The first-order chi connectivity index (χ1) is 6.86. The van der Waals surface area contributed by atoms with Crippen molar-refractivity contribution in [3.8, 4) is 0 Å². The van der Waals surface area contributed by atoms with Gasteiger partial charge in [-0.25, -0.2) is 0 Å². The number of nitrogens with one attached hydrogen (secondary N) is 2. The number of hydrogen-bond donors (Lipinski definition) is 2. The summed E-state index contributed by atoms with van der Waals surface area (Å²) in [5, 5.41) is 6.33. The molecule has 80 valence electrons. The Morgan fingerprint density at radius 1 is 1.29 bits per heavy atom. The lowest BCUT2D eigenvalue weighted by atomic mass is 10.1. The van der Waals surface area contributed by atoms with Crippen LogP contribution in [0.3, 0.4) is 0 Å². The average Bonchev–Trinajstić information content (AvgIpc) is 2.72. The summed E-state index contributed by atoms with van der Waals surface area (Å²) in [7, 11) is 0. The standard InChI is InChI=1S/C10H18N2O2/c13-10(9-2-1-7-14-9)12-8-3-5-11-6-4-8/h8-9,11H,1-7H2,(H,12,13). The van der Waals surface area contributed by atoms with Crippen molar-refractivity contribution in [2.24, 2.45) is 0 Å². The molecule has 2 aliphatic heterocycles. The summed E-state index contributed by atoms with van der Waals surface area (Å²) in [5.74, 6) is 0.0920. The molecule has 2 rings (SSSR count). The van der Waals surface area contributed by atoms with Crippen LogP contribution < -0.4 is 10.6 Å². The normalized spacial score (nSPS) is 29.0. The second kappa shape index (κ2) is 4.75. The van der Waals surface area contributed by atoms with Gasteiger partial charge in [0.05, 0.1) is 0 Å². The van der Waals surface area contributed by atoms with E-state index in [2.05, 4.69) is 10.6 Å². The van der Waals surface area contributed by atoms with E-state index in [9.17, 15) is 4.79 Å². The van der Waals surface area contributed by atoms with Crippen LogP contribution in [0.5, 0.6) is 0 Å². The monoisotopic (exact) mass is 198 g/mol. The number of ether oxygens (including phenoxy) is 1. The molecule has 1 unspecified atom stereocenters. The fraction of sp³-hybridized carbons (Fsp3) is 0.900. The second-order valence-electron chi connectivity index (χ2n) is 4.03. The van der Waals surface area contributed by atoms with E-state index in [0.717, 1.165) is 45.4 Å². The van der Waals surface area contributed by atoms with Crippen LogP contribution in [0.2, 0.25) is 0 Å². The van der Waals surface area contributed by atoms with Crippen molar-refractivity contribution < 1.29 is 9.53 Å². The highest BCUT2D eigenvalue weighted by Gasteiger charge is 2.25. The maximum Gasteiger partial charge on any atom is 0.249 e. The molecule has 0 aliphatic carbocycles. The largest absolute Gasteiger partial charge is 0.368 e. The lowest BCUT2D eigenvalue weighted by Gasteiger charge is -2.24. The Hall–Kier alpha value is -0.610. The molecule has 0 bridgehead atoms. The van der Waals surface area contributed by atoms with Crippen molar-refractivity contribution in [2.45, 2.75) is 37.8 Å². The number of amides is 1. The van der Waals surface area contributed by atoms with E-state index < -0.39 is 0 Å². The van der Waals surface area contributed by atoms with Crippen molar-refractivity contribution in [2.75, 3.05) is 19.7 Å². The molecular formula is C10H18N2O2. The molecule has 0 saturated carbocycles. The summed E-state index contributed by atoms with van der Waals surface area (Å²) < 4.78 is 5.33. The number of rotatable bonds is 2. The highest BCUT2D eigenvalue weighted by Crippen LogP contribution is 2.13. The Balaban J connectivity index is 1.75. The SMILES string of the molecule is O=C(NC1CCNCC1)C1CCCO1. The summed E-state index contributed by atoms with van der Waals surface area (Å²) >= 11 is 0. The highest BCUT2D eigenvalue weighted by atomic mass is 16.5. The fourth-order valence-electron chi connectivity index (χ4n) is 2.04. The van der Waals surface area contributed by atoms with Crippen LogP contribution in [0, 0.1) is 0 Å². The van der Waals surface area contributed by atoms with Gasteiger partial charge in [-0.3, -0.25) is 4.79 Å². The van der Waals surface area contributed by atoms with Gasteiger partial charge in [0.25, 0.3) is 0 Å². The van der Waals surface area contributed by atoms with E-state index in [4.69, 9.17) is 4.74 Å². The lowest BCUT2D eigenvalue weighted by Crippen LogP contribution is -2.46. The van der Waals surface area contributed by atoms with E-state index in [0.29, 0.717) is 6.04 Å². The van der Waals surface area contributed by atoms with Crippen molar-refractivity contribution in [3.05, 3.63) is 0 Å². The molecule has 2 saturated heterocycles. The van der Waals surface area contributed by atoms with Gasteiger partial charge in [-0.1, -0.05) is 0 Å². The molecule has 2 aliphatic rings. The molecule has 0 aromatic carbocycles. The molecule has 0 radical (unpaired) electrons. The fourth-order valence-corrected chi connectivity index (χ4v) is 2.04. The number of carbonyl (C=O) groups is 1. The molecule has 1 atom stereocenters. The molecule has 4 heteroatoms. The van der Waals surface area contributed by atoms with Crippen molar-refractivity contribution in [3.63, 3.8) is 0 Å². The van der Waals surface area contributed by atoms with Gasteiger partial charge in [-0.15, -0.1) is 0 Å². The maximum atomic E-state index is 11.7. The Kier molecular flexibility index (Phi) is 3.37. The second-order valence-corrected chi connectivity index (χ2v) is 4.03. The Bertz CT molecular complexity index is 196. The zero-order chi connectivity index (χ0) is 9.80. The summed E-state index contributed by atoms with van der Waals surface area (Å²) in [6, 6.07) is 0.355. The maximum absolute atomic E-state index is 11.7. The van der Waals surface area contributed by atoms with Gasteiger partial charge in [-0.05, 0) is 38.8 Å². The van der Waals surface area contributed by atoms with Gasteiger partial charge >= 0.3 is 0 Å². The van der Waals surface area contributed by atoms with Gasteiger partial charge < -0.3 is 15.4 Å². The molecule has 2 N–H and O–H groups in total. The quantitative estimate of drug-likeness (QED) is 0.658. The predicted molar refractivity (Wildman–Crippen MR) is 53.0 cm³/mol. The Morgan fingerprint density at radius 3 is 2.71 bits per heavy atom. The molecular weight excluding hydrogens is 180 g/mol. The van der Waals surface area contributed by atoms with Gasteiger partial charge in [0.2, 0.25) is 5.91 Å².